The molecule has 0 N–H and O–H groups in total. The summed E-state index contributed by atoms with van der Waals surface area (Å²) in [6, 6.07) is 21.2. The van der Waals surface area contributed by atoms with Crippen molar-refractivity contribution in [3.8, 4) is 11.3 Å². The third kappa shape index (κ3) is 7.50. The summed E-state index contributed by atoms with van der Waals surface area (Å²) in [4.78, 5) is 5.27. The molecule has 216 valence electrons. The number of benzene rings is 3. The maximum Gasteiger partial charge on any atom is 0.175 e. The quantitative estimate of drug-likeness (QED) is 0.180. The van der Waals surface area contributed by atoms with Gasteiger partial charge in [0, 0.05) is 42.6 Å². The Morgan fingerprint density at radius 3 is 2.50 bits per heavy atom. The van der Waals surface area contributed by atoms with Crippen LogP contribution in [-0.4, -0.2) is 37.9 Å². The molecule has 1 aliphatic carbocycles. The van der Waals surface area contributed by atoms with Gasteiger partial charge in [0.2, 0.25) is 0 Å². The molecule has 0 amide bonds. The first-order chi connectivity index (χ1) is 20.2. The van der Waals surface area contributed by atoms with Gasteiger partial charge in [0.1, 0.15) is 5.82 Å². The van der Waals surface area contributed by atoms with Gasteiger partial charge in [-0.2, -0.15) is 0 Å². The molecular weight excluding hydrogens is 587 g/mol. The van der Waals surface area contributed by atoms with Gasteiger partial charge >= 0.3 is 0 Å². The van der Waals surface area contributed by atoms with Crippen LogP contribution in [0.1, 0.15) is 34.9 Å². The zero-order valence-electron chi connectivity index (χ0n) is 23.5. The molecule has 42 heavy (non-hydrogen) atoms. The molecule has 4 aromatic rings. The highest BCUT2D eigenvalue weighted by Gasteiger charge is 2.15. The lowest BCUT2D eigenvalue weighted by Crippen LogP contribution is -2.02. The highest BCUT2D eigenvalue weighted by atomic mass is 35.5. The van der Waals surface area contributed by atoms with Crippen LogP contribution < -0.4 is 0 Å². The molecule has 5 rings (SSSR count). The minimum absolute atomic E-state index is 0.122. The summed E-state index contributed by atoms with van der Waals surface area (Å²) >= 11 is 12.7. The number of hydrogen-bond donors (Lipinski definition) is 0. The number of nitrogens with zero attached hydrogens (tertiary/aromatic N) is 2. The lowest BCUT2D eigenvalue weighted by molar-refractivity contribution is 0.202. The molecule has 0 aliphatic heterocycles. The van der Waals surface area contributed by atoms with Gasteiger partial charge in [0.05, 0.1) is 22.2 Å². The number of rotatable bonds is 10. The Morgan fingerprint density at radius 2 is 1.81 bits per heavy atom. The van der Waals surface area contributed by atoms with Gasteiger partial charge in [0.15, 0.2) is 9.84 Å². The van der Waals surface area contributed by atoms with Crippen LogP contribution in [0.25, 0.3) is 17.3 Å². The average Bonchev–Trinajstić information content (AvgIpc) is 3.37. The van der Waals surface area contributed by atoms with Crippen molar-refractivity contribution in [2.24, 2.45) is 0 Å². The first-order valence-electron chi connectivity index (χ1n) is 13.7. The molecule has 0 fully saturated rings. The van der Waals surface area contributed by atoms with Crippen LogP contribution in [0.2, 0.25) is 10.0 Å². The molecule has 1 heterocycles. The van der Waals surface area contributed by atoms with Crippen molar-refractivity contribution in [1.82, 2.24) is 9.55 Å². The second-order valence-electron chi connectivity index (χ2n) is 10.4. The van der Waals surface area contributed by atoms with Gasteiger partial charge in [-0.25, -0.2) is 13.4 Å². The van der Waals surface area contributed by atoms with Crippen molar-refractivity contribution in [1.29, 1.82) is 0 Å². The zero-order chi connectivity index (χ0) is 29.7. The highest BCUT2D eigenvalue weighted by molar-refractivity contribution is 7.90. The summed E-state index contributed by atoms with van der Waals surface area (Å²) in [5.41, 5.74) is 6.04. The van der Waals surface area contributed by atoms with E-state index in [1.165, 1.54) is 11.8 Å². The van der Waals surface area contributed by atoms with Crippen LogP contribution in [-0.2, 0) is 27.5 Å². The van der Waals surface area contributed by atoms with Crippen LogP contribution in [0.4, 0.5) is 0 Å². The lowest BCUT2D eigenvalue weighted by atomic mass is 9.90. The Bertz CT molecular complexity index is 1770. The van der Waals surface area contributed by atoms with Crippen molar-refractivity contribution in [3.05, 3.63) is 135 Å². The van der Waals surface area contributed by atoms with Crippen LogP contribution in [0.3, 0.4) is 0 Å². The Balaban J connectivity index is 1.38. The standard InChI is InChI=1S/C34H32Cl2N2O3S/c1-41-19-18-25-6-8-26(9-7-25)22-38-23-33(31-16-15-29(35)21-32(31)36)37-34(38)17-12-24-10-13-27(14-11-24)28-4-3-5-30(20-28)42(2,39)40/h3-13,15-17,20-21,23,27H,14,18-19,22H2,1-2H3/b17-12+. The number of imidazole rings is 1. The monoisotopic (exact) mass is 618 g/mol. The van der Waals surface area contributed by atoms with Gasteiger partial charge in [0.25, 0.3) is 0 Å². The summed E-state index contributed by atoms with van der Waals surface area (Å²) in [6.45, 7) is 1.34. The van der Waals surface area contributed by atoms with E-state index in [2.05, 4.69) is 53.1 Å². The number of allylic oxidation sites excluding steroid dienone is 5. The third-order valence-electron chi connectivity index (χ3n) is 7.25. The predicted octanol–water partition coefficient (Wildman–Crippen LogP) is 8.18. The number of sulfone groups is 1. The van der Waals surface area contributed by atoms with E-state index in [9.17, 15) is 8.42 Å². The Kier molecular flexibility index (Phi) is 9.49. The number of halogens is 2. The number of hydrogen-bond acceptors (Lipinski definition) is 4. The van der Waals surface area contributed by atoms with E-state index in [4.69, 9.17) is 32.9 Å². The van der Waals surface area contributed by atoms with Gasteiger partial charge in [-0.3, -0.25) is 0 Å². The molecule has 0 radical (unpaired) electrons. The summed E-state index contributed by atoms with van der Waals surface area (Å²) in [7, 11) is -1.54. The summed E-state index contributed by atoms with van der Waals surface area (Å²) < 4.78 is 31.3. The zero-order valence-corrected chi connectivity index (χ0v) is 25.8. The first kappa shape index (κ1) is 30.1. The maximum atomic E-state index is 12.0. The molecule has 0 saturated heterocycles. The van der Waals surface area contributed by atoms with E-state index in [0.29, 0.717) is 28.1 Å². The Morgan fingerprint density at radius 1 is 1.02 bits per heavy atom. The molecule has 3 aromatic carbocycles. The summed E-state index contributed by atoms with van der Waals surface area (Å²) in [5, 5.41) is 1.13. The third-order valence-corrected chi connectivity index (χ3v) is 8.91. The fourth-order valence-corrected chi connectivity index (χ4v) is 6.08. The van der Waals surface area contributed by atoms with Crippen molar-refractivity contribution in [2.45, 2.75) is 30.2 Å². The average molecular weight is 620 g/mol. The Hall–Kier alpha value is -3.42. The van der Waals surface area contributed by atoms with Crippen molar-refractivity contribution in [3.63, 3.8) is 0 Å². The molecule has 1 atom stereocenters. The smallest absolute Gasteiger partial charge is 0.175 e. The molecule has 8 heteroatoms. The summed E-state index contributed by atoms with van der Waals surface area (Å²) in [6.07, 6.45) is 15.3. The van der Waals surface area contributed by atoms with E-state index < -0.39 is 9.84 Å². The molecule has 0 saturated carbocycles. The molecule has 1 aromatic heterocycles. The van der Waals surface area contributed by atoms with Gasteiger partial charge in [-0.15, -0.1) is 0 Å². The fraction of sp³-hybridized carbons (Fsp3) is 0.206. The largest absolute Gasteiger partial charge is 0.384 e. The predicted molar refractivity (Wildman–Crippen MR) is 172 cm³/mol. The minimum atomic E-state index is -3.25. The van der Waals surface area contributed by atoms with E-state index in [1.807, 2.05) is 30.5 Å². The number of aromatic nitrogens is 2. The van der Waals surface area contributed by atoms with Crippen molar-refractivity contribution < 1.29 is 13.2 Å². The van der Waals surface area contributed by atoms with Crippen LogP contribution in [0.5, 0.6) is 0 Å². The number of ether oxygens (including phenoxy) is 1. The second-order valence-corrected chi connectivity index (χ2v) is 13.2. The van der Waals surface area contributed by atoms with Gasteiger partial charge < -0.3 is 9.30 Å². The highest BCUT2D eigenvalue weighted by Crippen LogP contribution is 2.31. The van der Waals surface area contributed by atoms with E-state index in [0.717, 1.165) is 46.6 Å². The van der Waals surface area contributed by atoms with Crippen molar-refractivity contribution in [2.75, 3.05) is 20.0 Å². The lowest BCUT2D eigenvalue weighted by Gasteiger charge is -2.16. The SMILES string of the molecule is COCCc1ccc(Cn2cc(-c3ccc(Cl)cc3Cl)nc2/C=C/C2=CCC(c3cccc(S(C)(=O)=O)c3)C=C2)cc1. The van der Waals surface area contributed by atoms with Gasteiger partial charge in [-0.1, -0.05) is 83.9 Å². The first-order valence-corrected chi connectivity index (χ1v) is 16.3. The molecular formula is C34H32Cl2N2O3S. The minimum Gasteiger partial charge on any atom is -0.384 e. The second kappa shape index (κ2) is 13.3. The normalized spacial score (nSPS) is 15.3. The number of methoxy groups -OCH3 is 1. The van der Waals surface area contributed by atoms with E-state index >= 15 is 0 Å². The molecule has 5 nitrogen and oxygen atoms in total. The van der Waals surface area contributed by atoms with Crippen molar-refractivity contribution >= 4 is 39.1 Å². The van der Waals surface area contributed by atoms with Crippen LogP contribution >= 0.6 is 23.2 Å². The van der Waals surface area contributed by atoms with Crippen LogP contribution in [0.15, 0.2) is 108 Å². The molecule has 1 unspecified atom stereocenters. The summed E-state index contributed by atoms with van der Waals surface area (Å²) in [5.74, 6) is 0.924. The van der Waals surface area contributed by atoms with Gasteiger partial charge in [-0.05, 0) is 71.5 Å². The van der Waals surface area contributed by atoms with Crippen LogP contribution in [0, 0.1) is 0 Å². The topological polar surface area (TPSA) is 61.2 Å². The van der Waals surface area contributed by atoms with E-state index in [-0.39, 0.29) is 5.92 Å². The molecule has 1 aliphatic rings. The Labute approximate surface area is 257 Å². The molecule has 0 spiro atoms. The van der Waals surface area contributed by atoms with E-state index in [1.54, 1.807) is 31.4 Å². The fourth-order valence-electron chi connectivity index (χ4n) is 4.90. The molecule has 0 bridgehead atoms. The maximum absolute atomic E-state index is 12.0.